The number of alkyl halides is 3. The van der Waals surface area contributed by atoms with Gasteiger partial charge in [-0.2, -0.15) is 13.2 Å². The lowest BCUT2D eigenvalue weighted by atomic mass is 10.2. The smallest absolute Gasteiger partial charge is 0.298 e. The summed E-state index contributed by atoms with van der Waals surface area (Å²) in [7, 11) is -5.44. The molecule has 11 heteroatoms. The number of rotatable bonds is 4. The van der Waals surface area contributed by atoms with Gasteiger partial charge in [0.25, 0.3) is 15.7 Å². The SMILES string of the molecule is O=C(Nc1nc(-c2cccs2)cs1)c1ccc(S(=O)(=O)C(F)(F)F)cc1. The van der Waals surface area contributed by atoms with Crippen LogP contribution in [0, 0.1) is 0 Å². The molecule has 1 N–H and O–H groups in total. The number of sulfone groups is 1. The van der Waals surface area contributed by atoms with Crippen molar-refractivity contribution in [1.29, 1.82) is 0 Å². The zero-order valence-electron chi connectivity index (χ0n) is 12.6. The first-order valence-electron chi connectivity index (χ1n) is 6.90. The molecule has 1 amide bonds. The molecule has 0 saturated carbocycles. The molecule has 0 fully saturated rings. The van der Waals surface area contributed by atoms with E-state index in [0.29, 0.717) is 10.8 Å². The molecular formula is C15H9F3N2O3S3. The lowest BCUT2D eigenvalue weighted by Crippen LogP contribution is -2.23. The Kier molecular flexibility index (Phi) is 4.86. The third-order valence-corrected chi connectivity index (χ3v) is 6.38. The molecule has 0 radical (unpaired) electrons. The number of hydrogen-bond acceptors (Lipinski definition) is 6. The summed E-state index contributed by atoms with van der Waals surface area (Å²) < 4.78 is 60.2. The highest BCUT2D eigenvalue weighted by atomic mass is 32.2. The van der Waals surface area contributed by atoms with Crippen molar-refractivity contribution in [3.8, 4) is 10.6 Å². The lowest BCUT2D eigenvalue weighted by molar-refractivity contribution is -0.0436. The molecule has 1 aromatic carbocycles. The molecule has 5 nitrogen and oxygen atoms in total. The Bertz CT molecular complexity index is 1020. The largest absolute Gasteiger partial charge is 0.501 e. The second-order valence-corrected chi connectivity index (χ2v) is 8.69. The molecule has 0 atom stereocenters. The van der Waals surface area contributed by atoms with Gasteiger partial charge in [0.1, 0.15) is 0 Å². The number of thiazole rings is 1. The molecule has 0 saturated heterocycles. The van der Waals surface area contributed by atoms with Crippen LogP contribution in [0.25, 0.3) is 10.6 Å². The van der Waals surface area contributed by atoms with E-state index in [1.54, 1.807) is 5.38 Å². The third-order valence-electron chi connectivity index (χ3n) is 3.23. The predicted molar refractivity (Wildman–Crippen MR) is 93.1 cm³/mol. The van der Waals surface area contributed by atoms with E-state index >= 15 is 0 Å². The van der Waals surface area contributed by atoms with Crippen molar-refractivity contribution in [2.75, 3.05) is 5.32 Å². The van der Waals surface area contributed by atoms with Gasteiger partial charge in [0.2, 0.25) is 0 Å². The Balaban J connectivity index is 1.75. The van der Waals surface area contributed by atoms with Crippen molar-refractivity contribution in [2.45, 2.75) is 10.4 Å². The zero-order valence-corrected chi connectivity index (χ0v) is 15.1. The highest BCUT2D eigenvalue weighted by molar-refractivity contribution is 7.92. The maximum atomic E-state index is 12.5. The number of nitrogens with zero attached hydrogens (tertiary/aromatic N) is 1. The Morgan fingerprint density at radius 2 is 1.77 bits per heavy atom. The van der Waals surface area contributed by atoms with E-state index in [0.717, 1.165) is 29.1 Å². The molecule has 0 aliphatic carbocycles. The van der Waals surface area contributed by atoms with Crippen LogP contribution in [0.3, 0.4) is 0 Å². The van der Waals surface area contributed by atoms with Crippen LogP contribution in [0.5, 0.6) is 0 Å². The predicted octanol–water partition coefficient (Wildman–Crippen LogP) is 4.42. The van der Waals surface area contributed by atoms with Crippen LogP contribution in [0.4, 0.5) is 18.3 Å². The van der Waals surface area contributed by atoms with Crippen LogP contribution in [0.15, 0.2) is 52.1 Å². The van der Waals surface area contributed by atoms with Gasteiger partial charge >= 0.3 is 5.51 Å². The van der Waals surface area contributed by atoms with Gasteiger partial charge in [-0.3, -0.25) is 10.1 Å². The van der Waals surface area contributed by atoms with Crippen LogP contribution < -0.4 is 5.32 Å². The minimum Gasteiger partial charge on any atom is -0.298 e. The fraction of sp³-hybridized carbons (Fsp3) is 0.0667. The van der Waals surface area contributed by atoms with Crippen LogP contribution in [-0.4, -0.2) is 24.8 Å². The number of thiophene rings is 1. The van der Waals surface area contributed by atoms with Crippen molar-refractivity contribution in [3.63, 3.8) is 0 Å². The van der Waals surface area contributed by atoms with Crippen LogP contribution in [0.2, 0.25) is 0 Å². The lowest BCUT2D eigenvalue weighted by Gasteiger charge is -2.08. The van der Waals surface area contributed by atoms with Gasteiger partial charge < -0.3 is 0 Å². The van der Waals surface area contributed by atoms with E-state index in [1.165, 1.54) is 22.7 Å². The molecule has 3 aromatic rings. The summed E-state index contributed by atoms with van der Waals surface area (Å²) in [5.41, 5.74) is -4.68. The van der Waals surface area contributed by atoms with Crippen molar-refractivity contribution < 1.29 is 26.4 Å². The third kappa shape index (κ3) is 3.64. The van der Waals surface area contributed by atoms with Gasteiger partial charge in [0, 0.05) is 10.9 Å². The number of carbonyl (C=O) groups excluding carboxylic acids is 1. The van der Waals surface area contributed by atoms with Gasteiger partial charge in [0.05, 0.1) is 15.5 Å². The second kappa shape index (κ2) is 6.82. The van der Waals surface area contributed by atoms with Gasteiger partial charge in [-0.05, 0) is 35.7 Å². The van der Waals surface area contributed by atoms with Gasteiger partial charge in [-0.15, -0.1) is 22.7 Å². The summed E-state index contributed by atoms with van der Waals surface area (Å²) in [5, 5.41) is 6.51. The first kappa shape index (κ1) is 18.5. The molecule has 0 unspecified atom stereocenters. The van der Waals surface area contributed by atoms with Crippen LogP contribution in [0.1, 0.15) is 10.4 Å². The first-order valence-corrected chi connectivity index (χ1v) is 10.1. The summed E-state index contributed by atoms with van der Waals surface area (Å²) in [6.45, 7) is 0. The molecule has 0 spiro atoms. The zero-order chi connectivity index (χ0) is 18.9. The Labute approximate surface area is 154 Å². The number of benzene rings is 1. The fourth-order valence-corrected chi connectivity index (χ4v) is 4.19. The number of hydrogen-bond donors (Lipinski definition) is 1. The minimum absolute atomic E-state index is 0.0130. The summed E-state index contributed by atoms with van der Waals surface area (Å²) in [5.74, 6) is -0.604. The van der Waals surface area contributed by atoms with E-state index in [2.05, 4.69) is 10.3 Å². The van der Waals surface area contributed by atoms with Gasteiger partial charge in [-0.1, -0.05) is 6.07 Å². The van der Waals surface area contributed by atoms with Gasteiger partial charge in [0.15, 0.2) is 5.13 Å². The van der Waals surface area contributed by atoms with Crippen molar-refractivity contribution in [1.82, 2.24) is 4.98 Å². The average Bonchev–Trinajstić information content (AvgIpc) is 3.25. The van der Waals surface area contributed by atoms with E-state index in [-0.39, 0.29) is 5.56 Å². The van der Waals surface area contributed by atoms with E-state index in [4.69, 9.17) is 0 Å². The molecule has 0 aliphatic heterocycles. The quantitative estimate of drug-likeness (QED) is 0.681. The fourth-order valence-electron chi connectivity index (χ4n) is 1.96. The average molecular weight is 418 g/mol. The van der Waals surface area contributed by atoms with Crippen molar-refractivity contribution in [2.24, 2.45) is 0 Å². The Hall–Kier alpha value is -2.24. The topological polar surface area (TPSA) is 76.1 Å². The maximum Gasteiger partial charge on any atom is 0.501 e. The van der Waals surface area contributed by atoms with Crippen LogP contribution >= 0.6 is 22.7 Å². The molecule has 0 aliphatic rings. The Morgan fingerprint density at radius 3 is 2.35 bits per heavy atom. The van der Waals surface area contributed by atoms with E-state index in [9.17, 15) is 26.4 Å². The van der Waals surface area contributed by atoms with Crippen molar-refractivity contribution >= 4 is 43.5 Å². The summed E-state index contributed by atoms with van der Waals surface area (Å²) in [6.07, 6.45) is 0. The normalized spacial score (nSPS) is 12.1. The molecule has 2 heterocycles. The molecular weight excluding hydrogens is 409 g/mol. The molecule has 136 valence electrons. The molecule has 3 rings (SSSR count). The van der Waals surface area contributed by atoms with Crippen LogP contribution in [-0.2, 0) is 9.84 Å². The summed E-state index contributed by atoms with van der Waals surface area (Å²) in [4.78, 5) is 16.4. The number of amides is 1. The minimum atomic E-state index is -5.44. The molecule has 0 bridgehead atoms. The standard InChI is InChI=1S/C15H9F3N2O3S3/c16-15(17,18)26(22,23)10-5-3-9(4-6-10)13(21)20-14-19-11(8-25-14)12-2-1-7-24-12/h1-8H,(H,19,20,21). The number of nitrogens with one attached hydrogen (secondary N) is 1. The maximum absolute atomic E-state index is 12.5. The second-order valence-electron chi connectivity index (χ2n) is 4.94. The highest BCUT2D eigenvalue weighted by Gasteiger charge is 2.46. The Morgan fingerprint density at radius 1 is 1.08 bits per heavy atom. The number of halogens is 3. The summed E-state index contributed by atoms with van der Waals surface area (Å²) in [6, 6.07) is 7.27. The molecule has 26 heavy (non-hydrogen) atoms. The van der Waals surface area contributed by atoms with E-state index in [1.807, 2.05) is 17.5 Å². The highest BCUT2D eigenvalue weighted by Crippen LogP contribution is 2.31. The number of carbonyl (C=O) groups is 1. The van der Waals surface area contributed by atoms with E-state index < -0.39 is 26.1 Å². The first-order chi connectivity index (χ1) is 12.2. The monoisotopic (exact) mass is 418 g/mol. The molecule has 2 aromatic heterocycles. The number of anilines is 1. The van der Waals surface area contributed by atoms with Crippen molar-refractivity contribution in [3.05, 3.63) is 52.7 Å². The summed E-state index contributed by atoms with van der Waals surface area (Å²) >= 11 is 2.69. The van der Waals surface area contributed by atoms with Gasteiger partial charge in [-0.25, -0.2) is 13.4 Å². The number of aromatic nitrogens is 1.